The third-order valence-electron chi connectivity index (χ3n) is 3.16. The van der Waals surface area contributed by atoms with Crippen molar-refractivity contribution < 1.29 is 4.74 Å². The molecule has 0 aliphatic carbocycles. The van der Waals surface area contributed by atoms with Crippen LogP contribution in [-0.4, -0.2) is 49.8 Å². The highest BCUT2D eigenvalue weighted by Crippen LogP contribution is 2.16. The zero-order chi connectivity index (χ0) is 9.10. The number of hydrogen-bond donors (Lipinski definition) is 1. The highest BCUT2D eigenvalue weighted by Gasteiger charge is 2.27. The summed E-state index contributed by atoms with van der Waals surface area (Å²) < 4.78 is 5.44. The summed E-state index contributed by atoms with van der Waals surface area (Å²) in [5.74, 6) is 0. The fourth-order valence-corrected chi connectivity index (χ4v) is 2.40. The van der Waals surface area contributed by atoms with Gasteiger partial charge in [-0.25, -0.2) is 0 Å². The number of ether oxygens (including phenoxy) is 1. The fourth-order valence-electron chi connectivity index (χ4n) is 2.40. The number of morpholine rings is 1. The molecule has 3 heteroatoms. The fraction of sp³-hybridized carbons (Fsp3) is 1.00. The molecule has 2 aliphatic rings. The van der Waals surface area contributed by atoms with E-state index in [1.807, 2.05) is 0 Å². The van der Waals surface area contributed by atoms with Crippen LogP contribution in [0.25, 0.3) is 0 Å². The SMILES string of the molecule is C[C@@H]1COCCN1C1CCCNC1. The lowest BCUT2D eigenvalue weighted by Crippen LogP contribution is -2.54. The van der Waals surface area contributed by atoms with Gasteiger partial charge in [0.25, 0.3) is 0 Å². The minimum absolute atomic E-state index is 0.610. The van der Waals surface area contributed by atoms with Crippen molar-refractivity contribution in [2.75, 3.05) is 32.8 Å². The molecule has 13 heavy (non-hydrogen) atoms. The van der Waals surface area contributed by atoms with E-state index in [2.05, 4.69) is 17.1 Å². The molecule has 1 unspecified atom stereocenters. The van der Waals surface area contributed by atoms with Gasteiger partial charge in [-0.1, -0.05) is 0 Å². The topological polar surface area (TPSA) is 24.5 Å². The smallest absolute Gasteiger partial charge is 0.0619 e. The van der Waals surface area contributed by atoms with Gasteiger partial charge in [-0.15, -0.1) is 0 Å². The molecule has 0 amide bonds. The second kappa shape index (κ2) is 4.40. The van der Waals surface area contributed by atoms with Crippen LogP contribution in [0.4, 0.5) is 0 Å². The van der Waals surface area contributed by atoms with Gasteiger partial charge in [-0.05, 0) is 26.3 Å². The van der Waals surface area contributed by atoms with Gasteiger partial charge >= 0.3 is 0 Å². The maximum atomic E-state index is 5.44. The first-order valence-electron chi connectivity index (χ1n) is 5.42. The van der Waals surface area contributed by atoms with E-state index < -0.39 is 0 Å². The van der Waals surface area contributed by atoms with Crippen LogP contribution in [0.5, 0.6) is 0 Å². The molecule has 0 radical (unpaired) electrons. The first-order chi connectivity index (χ1) is 6.38. The Morgan fingerprint density at radius 3 is 3.08 bits per heavy atom. The Kier molecular flexibility index (Phi) is 3.19. The van der Waals surface area contributed by atoms with Gasteiger partial charge in [0.05, 0.1) is 13.2 Å². The molecular weight excluding hydrogens is 164 g/mol. The minimum Gasteiger partial charge on any atom is -0.379 e. The van der Waals surface area contributed by atoms with Crippen LogP contribution < -0.4 is 5.32 Å². The number of rotatable bonds is 1. The van der Waals surface area contributed by atoms with Gasteiger partial charge in [0.15, 0.2) is 0 Å². The summed E-state index contributed by atoms with van der Waals surface area (Å²) in [5, 5.41) is 3.47. The lowest BCUT2D eigenvalue weighted by molar-refractivity contribution is -0.0262. The van der Waals surface area contributed by atoms with Gasteiger partial charge in [0, 0.05) is 25.2 Å². The Bertz CT molecular complexity index is 157. The monoisotopic (exact) mass is 184 g/mol. The number of piperidine rings is 1. The van der Waals surface area contributed by atoms with Crippen LogP contribution in [0.1, 0.15) is 19.8 Å². The standard InChI is InChI=1S/C10H20N2O/c1-9-8-13-6-5-12(9)10-3-2-4-11-7-10/h9-11H,2-8H2,1H3/t9-,10?/m1/s1. The Balaban J connectivity index is 1.88. The molecular formula is C10H20N2O. The summed E-state index contributed by atoms with van der Waals surface area (Å²) in [4.78, 5) is 2.61. The molecule has 0 spiro atoms. The third kappa shape index (κ3) is 2.22. The summed E-state index contributed by atoms with van der Waals surface area (Å²) in [5.41, 5.74) is 0. The van der Waals surface area contributed by atoms with E-state index in [1.54, 1.807) is 0 Å². The Morgan fingerprint density at radius 2 is 2.38 bits per heavy atom. The van der Waals surface area contributed by atoms with Crippen LogP contribution in [0.15, 0.2) is 0 Å². The molecule has 1 N–H and O–H groups in total. The maximum Gasteiger partial charge on any atom is 0.0619 e. The molecule has 2 heterocycles. The van der Waals surface area contributed by atoms with Crippen molar-refractivity contribution >= 4 is 0 Å². The molecule has 0 bridgehead atoms. The molecule has 76 valence electrons. The van der Waals surface area contributed by atoms with Crippen molar-refractivity contribution in [3.8, 4) is 0 Å². The van der Waals surface area contributed by atoms with Crippen molar-refractivity contribution in [2.45, 2.75) is 31.8 Å². The average Bonchev–Trinajstić information content (AvgIpc) is 2.20. The van der Waals surface area contributed by atoms with Crippen molar-refractivity contribution in [3.05, 3.63) is 0 Å². The minimum atomic E-state index is 0.610. The summed E-state index contributed by atoms with van der Waals surface area (Å²) in [6.45, 7) is 7.60. The molecule has 0 aromatic heterocycles. The summed E-state index contributed by atoms with van der Waals surface area (Å²) in [6.07, 6.45) is 2.69. The average molecular weight is 184 g/mol. The zero-order valence-corrected chi connectivity index (χ0v) is 8.46. The Hall–Kier alpha value is -0.120. The van der Waals surface area contributed by atoms with Gasteiger partial charge < -0.3 is 10.1 Å². The van der Waals surface area contributed by atoms with Crippen molar-refractivity contribution in [2.24, 2.45) is 0 Å². The van der Waals surface area contributed by atoms with Crippen molar-refractivity contribution in [1.82, 2.24) is 10.2 Å². The summed E-state index contributed by atoms with van der Waals surface area (Å²) >= 11 is 0. The van der Waals surface area contributed by atoms with E-state index in [9.17, 15) is 0 Å². The van der Waals surface area contributed by atoms with E-state index in [0.29, 0.717) is 6.04 Å². The lowest BCUT2D eigenvalue weighted by atomic mass is 10.0. The van der Waals surface area contributed by atoms with Gasteiger partial charge in [-0.2, -0.15) is 0 Å². The quantitative estimate of drug-likeness (QED) is 0.641. The second-order valence-corrected chi connectivity index (χ2v) is 4.16. The lowest BCUT2D eigenvalue weighted by Gasteiger charge is -2.41. The van der Waals surface area contributed by atoms with Crippen LogP contribution in [0.3, 0.4) is 0 Å². The van der Waals surface area contributed by atoms with E-state index in [1.165, 1.54) is 25.9 Å². The predicted molar refractivity (Wildman–Crippen MR) is 52.9 cm³/mol. The maximum absolute atomic E-state index is 5.44. The van der Waals surface area contributed by atoms with Crippen molar-refractivity contribution in [1.29, 1.82) is 0 Å². The van der Waals surface area contributed by atoms with E-state index >= 15 is 0 Å². The van der Waals surface area contributed by atoms with Gasteiger partial charge in [-0.3, -0.25) is 4.90 Å². The molecule has 2 saturated heterocycles. The van der Waals surface area contributed by atoms with Crippen molar-refractivity contribution in [3.63, 3.8) is 0 Å². The third-order valence-corrected chi connectivity index (χ3v) is 3.16. The molecule has 0 aromatic rings. The summed E-state index contributed by atoms with van der Waals surface area (Å²) in [6, 6.07) is 1.37. The van der Waals surface area contributed by atoms with E-state index in [0.717, 1.165) is 25.8 Å². The molecule has 2 atom stereocenters. The first-order valence-corrected chi connectivity index (χ1v) is 5.42. The first kappa shape index (κ1) is 9.44. The number of nitrogens with zero attached hydrogens (tertiary/aromatic N) is 1. The molecule has 2 fully saturated rings. The highest BCUT2D eigenvalue weighted by atomic mass is 16.5. The van der Waals surface area contributed by atoms with Crippen LogP contribution in [0.2, 0.25) is 0 Å². The van der Waals surface area contributed by atoms with Gasteiger partial charge in [0.1, 0.15) is 0 Å². The predicted octanol–water partition coefficient (Wildman–Crippen LogP) is 0.459. The number of nitrogens with one attached hydrogen (secondary N) is 1. The Morgan fingerprint density at radius 1 is 1.46 bits per heavy atom. The van der Waals surface area contributed by atoms with Crippen LogP contribution >= 0.6 is 0 Å². The number of hydrogen-bond acceptors (Lipinski definition) is 3. The van der Waals surface area contributed by atoms with Crippen LogP contribution in [0, 0.1) is 0 Å². The molecule has 2 aliphatic heterocycles. The Labute approximate surface area is 80.4 Å². The zero-order valence-electron chi connectivity index (χ0n) is 8.46. The molecule has 0 saturated carbocycles. The second-order valence-electron chi connectivity index (χ2n) is 4.16. The molecule has 2 rings (SSSR count). The largest absolute Gasteiger partial charge is 0.379 e. The normalized spacial score (nSPS) is 37.6. The van der Waals surface area contributed by atoms with Crippen LogP contribution in [-0.2, 0) is 4.74 Å². The molecule has 3 nitrogen and oxygen atoms in total. The van der Waals surface area contributed by atoms with E-state index in [4.69, 9.17) is 4.74 Å². The summed E-state index contributed by atoms with van der Waals surface area (Å²) in [7, 11) is 0. The van der Waals surface area contributed by atoms with E-state index in [-0.39, 0.29) is 0 Å². The highest BCUT2D eigenvalue weighted by molar-refractivity contribution is 4.83. The molecule has 0 aromatic carbocycles. The van der Waals surface area contributed by atoms with Gasteiger partial charge in [0.2, 0.25) is 0 Å².